The molecule has 3 heteroatoms. The third kappa shape index (κ3) is 1.53. The zero-order valence-electron chi connectivity index (χ0n) is 6.55. The van der Waals surface area contributed by atoms with Crippen molar-refractivity contribution >= 4 is 5.91 Å². The van der Waals surface area contributed by atoms with Gasteiger partial charge in [-0.05, 0) is 12.3 Å². The highest BCUT2D eigenvalue weighted by Crippen LogP contribution is 2.34. The number of nitrogens with one attached hydrogen (secondary N) is 1. The highest BCUT2D eigenvalue weighted by Gasteiger charge is 2.34. The molecule has 0 bridgehead atoms. The molecule has 1 saturated carbocycles. The SMILES string of the molecule is N[C@@H]1CC(=O)N[C@@H]1CC1CC1. The van der Waals surface area contributed by atoms with Crippen LogP contribution in [-0.2, 0) is 4.79 Å². The topological polar surface area (TPSA) is 55.1 Å². The monoisotopic (exact) mass is 154 g/mol. The predicted molar refractivity (Wildman–Crippen MR) is 41.9 cm³/mol. The molecule has 0 radical (unpaired) electrons. The molecule has 1 amide bonds. The lowest BCUT2D eigenvalue weighted by Gasteiger charge is -2.13. The van der Waals surface area contributed by atoms with Gasteiger partial charge in [0, 0.05) is 18.5 Å². The minimum absolute atomic E-state index is 0.0723. The van der Waals surface area contributed by atoms with Gasteiger partial charge in [0.05, 0.1) is 0 Å². The molecule has 0 unspecified atom stereocenters. The first-order valence-electron chi connectivity index (χ1n) is 4.30. The quantitative estimate of drug-likeness (QED) is 0.588. The van der Waals surface area contributed by atoms with Crippen LogP contribution in [0.4, 0.5) is 0 Å². The zero-order chi connectivity index (χ0) is 7.84. The Morgan fingerprint density at radius 2 is 2.27 bits per heavy atom. The highest BCUT2D eigenvalue weighted by molar-refractivity contribution is 5.79. The number of nitrogens with two attached hydrogens (primary N) is 1. The molecule has 0 spiro atoms. The van der Waals surface area contributed by atoms with Gasteiger partial charge in [-0.25, -0.2) is 0 Å². The Bertz CT molecular complexity index is 177. The van der Waals surface area contributed by atoms with Gasteiger partial charge in [-0.3, -0.25) is 4.79 Å². The molecule has 3 N–H and O–H groups in total. The van der Waals surface area contributed by atoms with E-state index in [4.69, 9.17) is 5.73 Å². The first-order valence-corrected chi connectivity index (χ1v) is 4.30. The maximum absolute atomic E-state index is 10.9. The first kappa shape index (κ1) is 7.10. The van der Waals surface area contributed by atoms with E-state index in [1.54, 1.807) is 0 Å². The number of carbonyl (C=O) groups is 1. The summed E-state index contributed by atoms with van der Waals surface area (Å²) in [5.74, 6) is 0.979. The van der Waals surface area contributed by atoms with Crippen molar-refractivity contribution in [3.63, 3.8) is 0 Å². The summed E-state index contributed by atoms with van der Waals surface area (Å²) in [6, 6.07) is 0.345. The number of rotatable bonds is 2. The van der Waals surface area contributed by atoms with Crippen LogP contribution >= 0.6 is 0 Å². The second-order valence-electron chi connectivity index (χ2n) is 3.72. The fourth-order valence-corrected chi connectivity index (χ4v) is 1.68. The van der Waals surface area contributed by atoms with Crippen molar-refractivity contribution in [1.82, 2.24) is 5.32 Å². The Labute approximate surface area is 66.3 Å². The third-order valence-electron chi connectivity index (χ3n) is 2.57. The van der Waals surface area contributed by atoms with Gasteiger partial charge in [0.15, 0.2) is 0 Å². The Kier molecular flexibility index (Phi) is 1.60. The maximum atomic E-state index is 10.9. The molecule has 0 aromatic heterocycles. The van der Waals surface area contributed by atoms with Crippen molar-refractivity contribution in [2.45, 2.75) is 37.8 Å². The summed E-state index contributed by atoms with van der Waals surface area (Å²) >= 11 is 0. The number of hydrogen-bond acceptors (Lipinski definition) is 2. The average molecular weight is 154 g/mol. The Balaban J connectivity index is 1.86. The summed E-state index contributed by atoms with van der Waals surface area (Å²) in [6.07, 6.45) is 4.29. The molecule has 3 nitrogen and oxygen atoms in total. The van der Waals surface area contributed by atoms with Crippen LogP contribution in [0.2, 0.25) is 0 Å². The molecule has 1 heterocycles. The van der Waals surface area contributed by atoms with Gasteiger partial charge in [0.25, 0.3) is 0 Å². The van der Waals surface area contributed by atoms with Gasteiger partial charge in [0.2, 0.25) is 5.91 Å². The molecule has 2 fully saturated rings. The van der Waals surface area contributed by atoms with Crippen LogP contribution in [-0.4, -0.2) is 18.0 Å². The molecule has 2 rings (SSSR count). The summed E-state index contributed by atoms with van der Waals surface area (Å²) in [7, 11) is 0. The van der Waals surface area contributed by atoms with E-state index in [1.807, 2.05) is 0 Å². The van der Waals surface area contributed by atoms with Gasteiger partial charge in [-0.1, -0.05) is 12.8 Å². The van der Waals surface area contributed by atoms with E-state index in [1.165, 1.54) is 12.8 Å². The van der Waals surface area contributed by atoms with E-state index in [-0.39, 0.29) is 18.0 Å². The summed E-state index contributed by atoms with van der Waals surface area (Å²) in [4.78, 5) is 10.9. The molecule has 11 heavy (non-hydrogen) atoms. The second kappa shape index (κ2) is 2.48. The smallest absolute Gasteiger partial charge is 0.221 e. The predicted octanol–water partition coefficient (Wildman–Crippen LogP) is 0.00230. The number of amides is 1. The van der Waals surface area contributed by atoms with E-state index in [9.17, 15) is 4.79 Å². The van der Waals surface area contributed by atoms with Gasteiger partial charge < -0.3 is 11.1 Å². The van der Waals surface area contributed by atoms with Crippen LogP contribution in [0.5, 0.6) is 0 Å². The fraction of sp³-hybridized carbons (Fsp3) is 0.875. The Morgan fingerprint density at radius 1 is 1.55 bits per heavy atom. The number of carbonyl (C=O) groups excluding carboxylic acids is 1. The second-order valence-corrected chi connectivity index (χ2v) is 3.72. The summed E-state index contributed by atoms with van der Waals surface area (Å²) in [5, 5.41) is 2.91. The Hall–Kier alpha value is -0.570. The standard InChI is InChI=1S/C8H14N2O/c9-6-4-8(11)10-7(6)3-5-1-2-5/h5-7H,1-4,9H2,(H,10,11)/t6-,7-/m1/s1. The Morgan fingerprint density at radius 3 is 2.73 bits per heavy atom. The molecule has 0 aromatic carbocycles. The summed E-state index contributed by atoms with van der Waals surface area (Å²) < 4.78 is 0. The van der Waals surface area contributed by atoms with Gasteiger partial charge >= 0.3 is 0 Å². The molecule has 62 valence electrons. The maximum Gasteiger partial charge on any atom is 0.221 e. The average Bonchev–Trinajstić information content (AvgIpc) is 2.64. The first-order chi connectivity index (χ1) is 5.25. The van der Waals surface area contributed by atoms with Crippen molar-refractivity contribution in [3.05, 3.63) is 0 Å². The minimum atomic E-state index is 0.0723. The van der Waals surface area contributed by atoms with Crippen LogP contribution in [0.3, 0.4) is 0 Å². The van der Waals surface area contributed by atoms with Crippen molar-refractivity contribution in [3.8, 4) is 0 Å². The zero-order valence-corrected chi connectivity index (χ0v) is 6.55. The molecule has 2 aliphatic rings. The van der Waals surface area contributed by atoms with Crippen LogP contribution < -0.4 is 11.1 Å². The lowest BCUT2D eigenvalue weighted by Crippen LogP contribution is -2.36. The van der Waals surface area contributed by atoms with E-state index < -0.39 is 0 Å². The van der Waals surface area contributed by atoms with Crippen LogP contribution in [0.1, 0.15) is 25.7 Å². The largest absolute Gasteiger partial charge is 0.352 e. The molecule has 1 aliphatic heterocycles. The van der Waals surface area contributed by atoms with Crippen molar-refractivity contribution in [1.29, 1.82) is 0 Å². The lowest BCUT2D eigenvalue weighted by atomic mass is 10.0. The normalized spacial score (nSPS) is 37.4. The van der Waals surface area contributed by atoms with Crippen LogP contribution in [0.25, 0.3) is 0 Å². The lowest BCUT2D eigenvalue weighted by molar-refractivity contribution is -0.119. The molecule has 1 aliphatic carbocycles. The van der Waals surface area contributed by atoms with Crippen molar-refractivity contribution < 1.29 is 4.79 Å². The minimum Gasteiger partial charge on any atom is -0.352 e. The molecule has 2 atom stereocenters. The fourth-order valence-electron chi connectivity index (χ4n) is 1.68. The van der Waals surface area contributed by atoms with E-state index in [2.05, 4.69) is 5.32 Å². The molecule has 1 saturated heterocycles. The van der Waals surface area contributed by atoms with Crippen LogP contribution in [0.15, 0.2) is 0 Å². The van der Waals surface area contributed by atoms with Crippen LogP contribution in [0, 0.1) is 5.92 Å². The van der Waals surface area contributed by atoms with Gasteiger partial charge in [0.1, 0.15) is 0 Å². The van der Waals surface area contributed by atoms with Crippen molar-refractivity contribution in [2.24, 2.45) is 11.7 Å². The third-order valence-corrected chi connectivity index (χ3v) is 2.57. The van der Waals surface area contributed by atoms with Gasteiger partial charge in [-0.15, -0.1) is 0 Å². The van der Waals surface area contributed by atoms with E-state index in [0.29, 0.717) is 6.42 Å². The molecular weight excluding hydrogens is 140 g/mol. The van der Waals surface area contributed by atoms with E-state index >= 15 is 0 Å². The summed E-state index contributed by atoms with van der Waals surface area (Å²) in [6.45, 7) is 0. The summed E-state index contributed by atoms with van der Waals surface area (Å²) in [5.41, 5.74) is 5.76. The molecule has 0 aromatic rings. The highest BCUT2D eigenvalue weighted by atomic mass is 16.2. The van der Waals surface area contributed by atoms with Gasteiger partial charge in [-0.2, -0.15) is 0 Å². The van der Waals surface area contributed by atoms with E-state index in [0.717, 1.165) is 12.3 Å². The van der Waals surface area contributed by atoms with Crippen molar-refractivity contribution in [2.75, 3.05) is 0 Å². The number of hydrogen-bond donors (Lipinski definition) is 2. The molecular formula is C8H14N2O.